The molecule has 0 aliphatic heterocycles. The predicted octanol–water partition coefficient (Wildman–Crippen LogP) is 2.52. The van der Waals surface area contributed by atoms with Gasteiger partial charge < -0.3 is 5.32 Å². The second kappa shape index (κ2) is 6.63. The van der Waals surface area contributed by atoms with E-state index < -0.39 is 0 Å². The van der Waals surface area contributed by atoms with Gasteiger partial charge in [0.25, 0.3) is 5.56 Å². The van der Waals surface area contributed by atoms with E-state index >= 15 is 0 Å². The quantitative estimate of drug-likeness (QED) is 0.616. The molecule has 1 heterocycles. The molecule has 1 aliphatic carbocycles. The molecule has 102 valence electrons. The highest BCUT2D eigenvalue weighted by molar-refractivity contribution is 6.32. The summed E-state index contributed by atoms with van der Waals surface area (Å²) in [5, 5.41) is 7.57. The summed E-state index contributed by atoms with van der Waals surface area (Å²) in [6, 6.07) is 0. The number of aromatic nitrogens is 2. The van der Waals surface area contributed by atoms with E-state index in [4.69, 9.17) is 18.0 Å². The Kier molecular flexibility index (Phi) is 4.86. The Hall–Kier alpha value is -1.47. The molecule has 0 atom stereocenters. The van der Waals surface area contributed by atoms with Gasteiger partial charge >= 0.3 is 0 Å². The molecule has 1 aromatic heterocycles. The first-order chi connectivity index (χ1) is 9.22. The van der Waals surface area contributed by atoms with Crippen LogP contribution in [0.5, 0.6) is 0 Å². The van der Waals surface area contributed by atoms with Gasteiger partial charge in [0.15, 0.2) is 0 Å². The highest BCUT2D eigenvalue weighted by Gasteiger charge is 2.23. The lowest BCUT2D eigenvalue weighted by Gasteiger charge is -2.10. The summed E-state index contributed by atoms with van der Waals surface area (Å²) < 4.78 is 1.51. The molecule has 2 rings (SSSR count). The lowest BCUT2D eigenvalue weighted by Crippen LogP contribution is -2.27. The zero-order valence-corrected chi connectivity index (χ0v) is 11.6. The van der Waals surface area contributed by atoms with Crippen molar-refractivity contribution in [3.8, 4) is 12.3 Å². The second-order valence-corrected chi connectivity index (χ2v) is 5.29. The Morgan fingerprint density at radius 1 is 1.53 bits per heavy atom. The van der Waals surface area contributed by atoms with Crippen LogP contribution in [0.15, 0.2) is 11.0 Å². The summed E-state index contributed by atoms with van der Waals surface area (Å²) in [6.45, 7) is 1.39. The van der Waals surface area contributed by atoms with Crippen LogP contribution in [-0.2, 0) is 6.54 Å². The molecule has 4 nitrogen and oxygen atoms in total. The van der Waals surface area contributed by atoms with Crippen LogP contribution in [0, 0.1) is 18.3 Å². The number of nitrogens with one attached hydrogen (secondary N) is 1. The maximum atomic E-state index is 12.2. The Morgan fingerprint density at radius 2 is 2.32 bits per heavy atom. The van der Waals surface area contributed by atoms with Gasteiger partial charge in [0.1, 0.15) is 5.69 Å². The zero-order valence-electron chi connectivity index (χ0n) is 10.9. The molecular formula is C14H18ClN3O. The van der Waals surface area contributed by atoms with Gasteiger partial charge in [-0.25, -0.2) is 4.68 Å². The van der Waals surface area contributed by atoms with Crippen molar-refractivity contribution in [2.75, 3.05) is 11.9 Å². The highest BCUT2D eigenvalue weighted by atomic mass is 35.5. The molecule has 19 heavy (non-hydrogen) atoms. The van der Waals surface area contributed by atoms with E-state index in [1.807, 2.05) is 0 Å². The molecule has 1 aliphatic rings. The van der Waals surface area contributed by atoms with Gasteiger partial charge in [0.05, 0.1) is 11.2 Å². The molecule has 5 heteroatoms. The predicted molar refractivity (Wildman–Crippen MR) is 77.4 cm³/mol. The van der Waals surface area contributed by atoms with Gasteiger partial charge in [-0.05, 0) is 31.6 Å². The third kappa shape index (κ3) is 4.00. The van der Waals surface area contributed by atoms with E-state index in [9.17, 15) is 4.79 Å². The van der Waals surface area contributed by atoms with Gasteiger partial charge in [-0.1, -0.05) is 11.6 Å². The van der Waals surface area contributed by atoms with Crippen molar-refractivity contribution in [2.24, 2.45) is 5.92 Å². The Labute approximate surface area is 118 Å². The summed E-state index contributed by atoms with van der Waals surface area (Å²) in [7, 11) is 0. The summed E-state index contributed by atoms with van der Waals surface area (Å²) in [6.07, 6.45) is 11.7. The van der Waals surface area contributed by atoms with E-state index in [0.717, 1.165) is 19.3 Å². The molecule has 1 fully saturated rings. The average molecular weight is 280 g/mol. The van der Waals surface area contributed by atoms with Crippen LogP contribution < -0.4 is 10.9 Å². The van der Waals surface area contributed by atoms with Crippen LogP contribution in [0.1, 0.15) is 32.1 Å². The maximum absolute atomic E-state index is 12.2. The zero-order chi connectivity index (χ0) is 13.7. The number of nitrogens with zero attached hydrogens (tertiary/aromatic N) is 2. The van der Waals surface area contributed by atoms with E-state index in [-0.39, 0.29) is 5.56 Å². The molecule has 1 N–H and O–H groups in total. The van der Waals surface area contributed by atoms with Crippen molar-refractivity contribution in [1.29, 1.82) is 0 Å². The van der Waals surface area contributed by atoms with Crippen molar-refractivity contribution < 1.29 is 0 Å². The van der Waals surface area contributed by atoms with Crippen molar-refractivity contribution in [3.05, 3.63) is 21.6 Å². The Bertz CT molecular complexity index is 528. The number of terminal acetylenes is 1. The van der Waals surface area contributed by atoms with E-state index in [0.29, 0.717) is 29.7 Å². The molecule has 0 radical (unpaired) electrons. The number of hydrogen-bond donors (Lipinski definition) is 1. The highest BCUT2D eigenvalue weighted by Crippen LogP contribution is 2.30. The third-order valence-electron chi connectivity index (χ3n) is 3.18. The summed E-state index contributed by atoms with van der Waals surface area (Å²) >= 11 is 6.02. The van der Waals surface area contributed by atoms with Crippen LogP contribution in [0.2, 0.25) is 5.02 Å². The molecule has 0 unspecified atom stereocenters. The summed E-state index contributed by atoms with van der Waals surface area (Å²) in [4.78, 5) is 12.2. The minimum absolute atomic E-state index is 0.128. The number of rotatable bonds is 7. The molecule has 0 spiro atoms. The minimum Gasteiger partial charge on any atom is -0.379 e. The monoisotopic (exact) mass is 279 g/mol. The average Bonchev–Trinajstić information content (AvgIpc) is 3.20. The molecule has 0 amide bonds. The van der Waals surface area contributed by atoms with Gasteiger partial charge in [-0.15, -0.1) is 12.3 Å². The van der Waals surface area contributed by atoms with Gasteiger partial charge in [-0.3, -0.25) is 4.79 Å². The topological polar surface area (TPSA) is 46.9 Å². The van der Waals surface area contributed by atoms with Crippen molar-refractivity contribution in [2.45, 2.75) is 38.6 Å². The Morgan fingerprint density at radius 3 is 3.00 bits per heavy atom. The summed E-state index contributed by atoms with van der Waals surface area (Å²) in [5.74, 6) is 3.20. The molecule has 1 aromatic rings. The van der Waals surface area contributed by atoms with Crippen molar-refractivity contribution in [1.82, 2.24) is 9.78 Å². The standard InChI is InChI=1S/C14H18ClN3O/c1-2-3-4-5-8-16-13-12(15)9-17-18(14(13)19)10-11-6-7-11/h1,9,11,16H,3-8,10H2. The van der Waals surface area contributed by atoms with E-state index in [2.05, 4.69) is 16.3 Å². The SMILES string of the molecule is C#CCCCCNc1c(Cl)cnn(CC2CC2)c1=O. The fourth-order valence-electron chi connectivity index (χ4n) is 1.87. The van der Waals surface area contributed by atoms with Gasteiger partial charge in [0.2, 0.25) is 0 Å². The Balaban J connectivity index is 1.97. The minimum atomic E-state index is -0.128. The fraction of sp³-hybridized carbons (Fsp3) is 0.571. The van der Waals surface area contributed by atoms with Crippen LogP contribution in [0.25, 0.3) is 0 Å². The molecule has 0 saturated heterocycles. The van der Waals surface area contributed by atoms with Crippen molar-refractivity contribution in [3.63, 3.8) is 0 Å². The number of hydrogen-bond acceptors (Lipinski definition) is 3. The first-order valence-electron chi connectivity index (χ1n) is 6.65. The number of halogens is 1. The first-order valence-corrected chi connectivity index (χ1v) is 7.03. The number of unbranched alkanes of at least 4 members (excludes halogenated alkanes) is 2. The van der Waals surface area contributed by atoms with Crippen LogP contribution in [0.4, 0.5) is 5.69 Å². The van der Waals surface area contributed by atoms with Gasteiger partial charge in [0, 0.05) is 19.5 Å². The number of anilines is 1. The molecule has 0 bridgehead atoms. The van der Waals surface area contributed by atoms with Crippen LogP contribution >= 0.6 is 11.6 Å². The van der Waals surface area contributed by atoms with E-state index in [1.165, 1.54) is 23.7 Å². The lowest BCUT2D eigenvalue weighted by molar-refractivity contribution is 0.534. The third-order valence-corrected chi connectivity index (χ3v) is 3.46. The maximum Gasteiger partial charge on any atom is 0.291 e. The summed E-state index contributed by atoms with van der Waals surface area (Å²) in [5.41, 5.74) is 0.328. The fourth-order valence-corrected chi connectivity index (χ4v) is 2.06. The van der Waals surface area contributed by atoms with Crippen molar-refractivity contribution >= 4 is 17.3 Å². The smallest absolute Gasteiger partial charge is 0.291 e. The second-order valence-electron chi connectivity index (χ2n) is 4.89. The normalized spacial score (nSPS) is 14.1. The van der Waals surface area contributed by atoms with E-state index in [1.54, 1.807) is 0 Å². The van der Waals surface area contributed by atoms with Crippen LogP contribution in [-0.4, -0.2) is 16.3 Å². The molecule has 1 saturated carbocycles. The molecule has 0 aromatic carbocycles. The largest absolute Gasteiger partial charge is 0.379 e. The lowest BCUT2D eigenvalue weighted by atomic mass is 10.2. The van der Waals surface area contributed by atoms with Gasteiger partial charge in [-0.2, -0.15) is 5.10 Å². The van der Waals surface area contributed by atoms with Crippen LogP contribution in [0.3, 0.4) is 0 Å². The first kappa shape index (κ1) is 14.0. The molecular weight excluding hydrogens is 262 g/mol.